The van der Waals surface area contributed by atoms with Crippen molar-refractivity contribution in [2.45, 2.75) is 13.3 Å². The van der Waals surface area contributed by atoms with Crippen molar-refractivity contribution in [3.05, 3.63) is 35.9 Å². The summed E-state index contributed by atoms with van der Waals surface area (Å²) in [4.78, 5) is 4.18. The molecule has 90 valence electrons. The van der Waals surface area contributed by atoms with Crippen LogP contribution in [-0.2, 0) is 13.5 Å². The van der Waals surface area contributed by atoms with E-state index in [1.54, 1.807) is 11.0 Å². The summed E-state index contributed by atoms with van der Waals surface area (Å²) >= 11 is 0. The van der Waals surface area contributed by atoms with Gasteiger partial charge in [0.2, 0.25) is 0 Å². The molecule has 0 fully saturated rings. The molecule has 0 aliphatic rings. The zero-order valence-corrected chi connectivity index (χ0v) is 10.1. The number of hydrogen-bond donors (Lipinski definition) is 2. The summed E-state index contributed by atoms with van der Waals surface area (Å²) in [6, 6.07) is 5.85. The average Bonchev–Trinajstić information content (AvgIpc) is 2.68. The molecule has 3 N–H and O–H groups in total. The highest BCUT2D eigenvalue weighted by atomic mass is 15.3. The van der Waals surface area contributed by atoms with E-state index in [-0.39, 0.29) is 0 Å². The van der Waals surface area contributed by atoms with E-state index in [1.165, 1.54) is 0 Å². The molecule has 5 nitrogen and oxygen atoms in total. The van der Waals surface area contributed by atoms with Crippen molar-refractivity contribution in [3.8, 4) is 0 Å². The van der Waals surface area contributed by atoms with Crippen molar-refractivity contribution in [1.29, 1.82) is 0 Å². The van der Waals surface area contributed by atoms with Gasteiger partial charge >= 0.3 is 0 Å². The number of nitrogens with one attached hydrogen (secondary N) is 1. The van der Waals surface area contributed by atoms with Gasteiger partial charge in [0.05, 0.1) is 0 Å². The van der Waals surface area contributed by atoms with Gasteiger partial charge in [0, 0.05) is 31.4 Å². The molecular formula is C12H17N5. The van der Waals surface area contributed by atoms with Crippen molar-refractivity contribution >= 4 is 11.4 Å². The van der Waals surface area contributed by atoms with Gasteiger partial charge in [-0.2, -0.15) is 5.10 Å². The normalized spacial score (nSPS) is 10.5. The van der Waals surface area contributed by atoms with E-state index in [4.69, 9.17) is 5.73 Å². The maximum absolute atomic E-state index is 5.70. The third-order valence-corrected chi connectivity index (χ3v) is 2.56. The maximum Gasteiger partial charge on any atom is 0.152 e. The van der Waals surface area contributed by atoms with Gasteiger partial charge in [-0.1, -0.05) is 0 Å². The molecule has 0 aliphatic carbocycles. The first-order chi connectivity index (χ1) is 8.15. The Morgan fingerprint density at radius 2 is 2.24 bits per heavy atom. The van der Waals surface area contributed by atoms with Crippen molar-refractivity contribution in [2.75, 3.05) is 17.6 Å². The molecule has 5 heteroatoms. The molecule has 1 aromatic heterocycles. The van der Waals surface area contributed by atoms with Gasteiger partial charge in [-0.15, -0.1) is 0 Å². The van der Waals surface area contributed by atoms with Gasteiger partial charge < -0.3 is 11.1 Å². The van der Waals surface area contributed by atoms with E-state index in [2.05, 4.69) is 15.4 Å². The predicted molar refractivity (Wildman–Crippen MR) is 68.8 cm³/mol. The van der Waals surface area contributed by atoms with Crippen molar-refractivity contribution in [3.63, 3.8) is 0 Å². The third-order valence-electron chi connectivity index (χ3n) is 2.56. The Morgan fingerprint density at radius 3 is 2.88 bits per heavy atom. The monoisotopic (exact) mass is 231 g/mol. The van der Waals surface area contributed by atoms with Crippen LogP contribution < -0.4 is 11.1 Å². The Balaban J connectivity index is 1.90. The molecule has 1 heterocycles. The minimum absolute atomic E-state index is 0.791. The van der Waals surface area contributed by atoms with E-state index in [9.17, 15) is 0 Å². The predicted octanol–water partition coefficient (Wildman–Crippen LogP) is 1.36. The molecule has 2 rings (SSSR count). The average molecular weight is 231 g/mol. The minimum Gasteiger partial charge on any atom is -0.399 e. The number of aromatic nitrogens is 3. The Morgan fingerprint density at radius 1 is 1.41 bits per heavy atom. The van der Waals surface area contributed by atoms with Crippen LogP contribution in [0.2, 0.25) is 0 Å². The fourth-order valence-electron chi connectivity index (χ4n) is 1.69. The van der Waals surface area contributed by atoms with Crippen LogP contribution in [0.4, 0.5) is 11.4 Å². The number of nitrogens with zero attached hydrogens (tertiary/aromatic N) is 3. The van der Waals surface area contributed by atoms with Gasteiger partial charge in [0.25, 0.3) is 0 Å². The summed E-state index contributed by atoms with van der Waals surface area (Å²) in [5, 5.41) is 7.58. The van der Waals surface area contributed by atoms with E-state index in [0.717, 1.165) is 35.7 Å². The summed E-state index contributed by atoms with van der Waals surface area (Å²) in [6.45, 7) is 2.85. The van der Waals surface area contributed by atoms with E-state index < -0.39 is 0 Å². The van der Waals surface area contributed by atoms with Crippen LogP contribution >= 0.6 is 0 Å². The molecule has 0 atom stereocenters. The van der Waals surface area contributed by atoms with Crippen LogP contribution in [0.1, 0.15) is 11.4 Å². The van der Waals surface area contributed by atoms with Gasteiger partial charge in [-0.25, -0.2) is 4.98 Å². The number of benzene rings is 1. The second-order valence-corrected chi connectivity index (χ2v) is 4.09. The topological polar surface area (TPSA) is 68.8 Å². The highest BCUT2D eigenvalue weighted by Gasteiger charge is 2.00. The van der Waals surface area contributed by atoms with E-state index in [1.807, 2.05) is 32.2 Å². The lowest BCUT2D eigenvalue weighted by molar-refractivity contribution is 0.742. The summed E-state index contributed by atoms with van der Waals surface area (Å²) in [7, 11) is 1.87. The number of aryl methyl sites for hydroxylation is 2. The zero-order valence-electron chi connectivity index (χ0n) is 10.1. The van der Waals surface area contributed by atoms with Crippen LogP contribution in [0.25, 0.3) is 0 Å². The molecule has 17 heavy (non-hydrogen) atoms. The number of nitrogen functional groups attached to an aromatic ring is 1. The first-order valence-electron chi connectivity index (χ1n) is 5.59. The fourth-order valence-corrected chi connectivity index (χ4v) is 1.69. The SMILES string of the molecule is Cc1cc(N)ccc1NCCc1ncn(C)n1. The molecule has 0 aliphatic heterocycles. The van der Waals surface area contributed by atoms with Crippen molar-refractivity contribution < 1.29 is 0 Å². The van der Waals surface area contributed by atoms with E-state index in [0.29, 0.717) is 0 Å². The van der Waals surface area contributed by atoms with Crippen molar-refractivity contribution in [1.82, 2.24) is 14.8 Å². The summed E-state index contributed by atoms with van der Waals surface area (Å²) in [6.07, 6.45) is 2.52. The standard InChI is InChI=1S/C12H17N5/c1-9-7-10(13)3-4-11(9)14-6-5-12-15-8-17(2)16-12/h3-4,7-8,14H,5-6,13H2,1-2H3. The number of hydrogen-bond acceptors (Lipinski definition) is 4. The molecule has 0 bridgehead atoms. The van der Waals surface area contributed by atoms with Crippen LogP contribution in [-0.4, -0.2) is 21.3 Å². The zero-order chi connectivity index (χ0) is 12.3. The first-order valence-corrected chi connectivity index (χ1v) is 5.59. The second kappa shape index (κ2) is 4.86. The van der Waals surface area contributed by atoms with Gasteiger partial charge in [0.1, 0.15) is 6.33 Å². The molecular weight excluding hydrogens is 214 g/mol. The molecule has 0 spiro atoms. The van der Waals surface area contributed by atoms with E-state index >= 15 is 0 Å². The Labute approximate surface area is 101 Å². The van der Waals surface area contributed by atoms with Gasteiger partial charge in [-0.05, 0) is 30.7 Å². The smallest absolute Gasteiger partial charge is 0.152 e. The minimum atomic E-state index is 0.791. The number of rotatable bonds is 4. The Hall–Kier alpha value is -2.04. The lowest BCUT2D eigenvalue weighted by atomic mass is 10.2. The van der Waals surface area contributed by atoms with Crippen LogP contribution in [0, 0.1) is 6.92 Å². The molecule has 0 saturated carbocycles. The third kappa shape index (κ3) is 2.96. The molecule has 0 saturated heterocycles. The Bertz CT molecular complexity index is 503. The van der Waals surface area contributed by atoms with Gasteiger partial charge in [-0.3, -0.25) is 4.68 Å². The lowest BCUT2D eigenvalue weighted by Crippen LogP contribution is -2.07. The highest BCUT2D eigenvalue weighted by Crippen LogP contribution is 2.17. The fraction of sp³-hybridized carbons (Fsp3) is 0.333. The molecule has 1 aromatic carbocycles. The number of anilines is 2. The first kappa shape index (κ1) is 11.4. The molecule has 2 aromatic rings. The maximum atomic E-state index is 5.70. The van der Waals surface area contributed by atoms with Crippen molar-refractivity contribution in [2.24, 2.45) is 7.05 Å². The second-order valence-electron chi connectivity index (χ2n) is 4.09. The Kier molecular flexibility index (Phi) is 3.27. The summed E-state index contributed by atoms with van der Waals surface area (Å²) < 4.78 is 1.71. The summed E-state index contributed by atoms with van der Waals surface area (Å²) in [5.41, 5.74) is 8.75. The highest BCUT2D eigenvalue weighted by molar-refractivity contribution is 5.57. The largest absolute Gasteiger partial charge is 0.399 e. The van der Waals surface area contributed by atoms with Crippen LogP contribution in [0.15, 0.2) is 24.5 Å². The number of nitrogens with two attached hydrogens (primary N) is 1. The summed E-state index contributed by atoms with van der Waals surface area (Å²) in [5.74, 6) is 0.855. The quantitative estimate of drug-likeness (QED) is 0.780. The molecule has 0 amide bonds. The van der Waals surface area contributed by atoms with Crippen LogP contribution in [0.5, 0.6) is 0 Å². The lowest BCUT2D eigenvalue weighted by Gasteiger charge is -2.08. The van der Waals surface area contributed by atoms with Gasteiger partial charge in [0.15, 0.2) is 5.82 Å². The molecule has 0 unspecified atom stereocenters. The van der Waals surface area contributed by atoms with Crippen LogP contribution in [0.3, 0.4) is 0 Å². The molecule has 0 radical (unpaired) electrons.